The second-order valence-corrected chi connectivity index (χ2v) is 6.47. The summed E-state index contributed by atoms with van der Waals surface area (Å²) in [6.07, 6.45) is 0. The van der Waals surface area contributed by atoms with Crippen LogP contribution in [0.3, 0.4) is 0 Å². The molecule has 0 fully saturated rings. The molecule has 4 aromatic rings. The maximum Gasteiger partial charge on any atom is 0.127 e. The van der Waals surface area contributed by atoms with Crippen LogP contribution in [0.5, 0.6) is 0 Å². The molecule has 4 heteroatoms. The van der Waals surface area contributed by atoms with Crippen molar-refractivity contribution in [3.8, 4) is 5.69 Å². The van der Waals surface area contributed by atoms with Crippen molar-refractivity contribution in [1.29, 1.82) is 0 Å². The second-order valence-electron chi connectivity index (χ2n) is 6.47. The molecule has 1 aromatic heterocycles. The summed E-state index contributed by atoms with van der Waals surface area (Å²) in [7, 11) is 4.09. The van der Waals surface area contributed by atoms with E-state index in [1.807, 2.05) is 38.4 Å². The van der Waals surface area contributed by atoms with Crippen LogP contribution >= 0.6 is 0 Å². The van der Waals surface area contributed by atoms with E-state index in [0.717, 1.165) is 21.7 Å². The summed E-state index contributed by atoms with van der Waals surface area (Å²) in [5.74, 6) is 0. The van der Waals surface area contributed by atoms with E-state index in [1.54, 1.807) is 0 Å². The Labute approximate surface area is 151 Å². The molecule has 26 heavy (non-hydrogen) atoms. The first-order valence-corrected chi connectivity index (χ1v) is 8.44. The maximum absolute atomic E-state index is 4.73. The monoisotopic (exact) mass is 344 g/mol. The van der Waals surface area contributed by atoms with Crippen LogP contribution in [-0.2, 0) is 0 Å². The van der Waals surface area contributed by atoms with Crippen molar-refractivity contribution in [2.24, 2.45) is 0 Å². The fourth-order valence-electron chi connectivity index (χ4n) is 2.95. The first-order chi connectivity index (χ1) is 12.6. The normalized spacial score (nSPS) is 10.8. The van der Waals surface area contributed by atoms with Crippen molar-refractivity contribution in [1.82, 2.24) is 4.91 Å². The smallest absolute Gasteiger partial charge is 0.127 e. The molecule has 0 aliphatic carbocycles. The minimum absolute atomic E-state index is 0.865. The molecule has 0 N–H and O–H groups in total. The van der Waals surface area contributed by atoms with Gasteiger partial charge in [-0.1, -0.05) is 55.1 Å². The topological polar surface area (TPSA) is 34.5 Å². The molecule has 0 radical (unpaired) electrons. The minimum atomic E-state index is 0.865. The van der Waals surface area contributed by atoms with Crippen LogP contribution < -0.4 is 15.3 Å². The lowest BCUT2D eigenvalue weighted by atomic mass is 9.95. The van der Waals surface area contributed by atoms with E-state index in [-0.39, 0.29) is 0 Å². The lowest BCUT2D eigenvalue weighted by Crippen LogP contribution is -2.12. The van der Waals surface area contributed by atoms with Crippen LogP contribution in [0, 0.1) is 0 Å². The Balaban J connectivity index is 1.87. The van der Waals surface area contributed by atoms with Crippen LogP contribution in [0.2, 0.25) is 0 Å². The fourth-order valence-corrected chi connectivity index (χ4v) is 2.95. The van der Waals surface area contributed by atoms with Crippen LogP contribution in [0.15, 0.2) is 82.2 Å². The Hall–Kier alpha value is -3.40. The van der Waals surface area contributed by atoms with Crippen molar-refractivity contribution in [2.45, 2.75) is 0 Å². The van der Waals surface area contributed by atoms with Crippen molar-refractivity contribution in [3.05, 3.63) is 94.4 Å². The predicted octanol–water partition coefficient (Wildman–Crippen LogP) is 3.39. The summed E-state index contributed by atoms with van der Waals surface area (Å²) in [6.45, 7) is 3.99. The van der Waals surface area contributed by atoms with Gasteiger partial charge in [-0.25, -0.2) is 0 Å². The summed E-state index contributed by atoms with van der Waals surface area (Å²) >= 11 is 0. The molecular weight excluding hydrogens is 324 g/mol. The molecular formula is C22H20N2O2. The van der Waals surface area contributed by atoms with E-state index < -0.39 is 0 Å². The molecule has 0 aliphatic rings. The maximum atomic E-state index is 4.73. The number of rotatable bonds is 4. The zero-order valence-corrected chi connectivity index (χ0v) is 14.8. The van der Waals surface area contributed by atoms with Gasteiger partial charge in [-0.3, -0.25) is 0 Å². The molecule has 0 unspecified atom stereocenters. The molecule has 1 heterocycles. The Bertz CT molecular complexity index is 1080. The number of hydrogen-bond donors (Lipinski definition) is 0. The zero-order valence-electron chi connectivity index (χ0n) is 14.8. The second kappa shape index (κ2) is 6.48. The Kier molecular flexibility index (Phi) is 4.01. The van der Waals surface area contributed by atoms with Crippen LogP contribution in [-0.4, -0.2) is 19.0 Å². The first-order valence-electron chi connectivity index (χ1n) is 8.44. The Morgan fingerprint density at radius 3 is 1.81 bits per heavy atom. The summed E-state index contributed by atoms with van der Waals surface area (Å²) in [5.41, 5.74) is 5.51. The Morgan fingerprint density at radius 2 is 1.31 bits per heavy atom. The molecule has 4 rings (SSSR count). The lowest BCUT2D eigenvalue weighted by molar-refractivity contribution is 0.264. The number of nitrogens with zero attached hydrogens (tertiary/aromatic N) is 2. The molecule has 0 saturated heterocycles. The quantitative estimate of drug-likeness (QED) is 0.532. The SMILES string of the molecule is C=c1ccc(=C(c2ccc(N(C)C)cc2)c2ccc(-n3oo3)cc2)cc1. The van der Waals surface area contributed by atoms with Crippen molar-refractivity contribution >= 4 is 17.8 Å². The van der Waals surface area contributed by atoms with Gasteiger partial charge < -0.3 is 4.90 Å². The van der Waals surface area contributed by atoms with Gasteiger partial charge in [0.2, 0.25) is 0 Å². The molecule has 4 nitrogen and oxygen atoms in total. The van der Waals surface area contributed by atoms with Crippen LogP contribution in [0.4, 0.5) is 5.69 Å². The van der Waals surface area contributed by atoms with E-state index in [1.165, 1.54) is 21.7 Å². The lowest BCUT2D eigenvalue weighted by Gasteiger charge is -2.14. The van der Waals surface area contributed by atoms with Gasteiger partial charge in [0.25, 0.3) is 0 Å². The average molecular weight is 344 g/mol. The van der Waals surface area contributed by atoms with Gasteiger partial charge in [-0.2, -0.15) is 0 Å². The Morgan fingerprint density at radius 1 is 0.769 bits per heavy atom. The van der Waals surface area contributed by atoms with Crippen LogP contribution in [0.25, 0.3) is 17.8 Å². The van der Waals surface area contributed by atoms with Crippen molar-refractivity contribution < 1.29 is 9.36 Å². The average Bonchev–Trinajstić information content (AvgIpc) is 3.50. The van der Waals surface area contributed by atoms with Gasteiger partial charge in [0.05, 0.1) is 4.91 Å². The van der Waals surface area contributed by atoms with E-state index in [0.29, 0.717) is 0 Å². The molecule has 0 bridgehead atoms. The zero-order chi connectivity index (χ0) is 18.1. The predicted molar refractivity (Wildman–Crippen MR) is 104 cm³/mol. The minimum Gasteiger partial charge on any atom is -0.378 e. The standard InChI is InChI=1S/C22H20N2O2/c1-16-4-6-17(7-5-16)22(18-8-12-20(13-9-18)23(2)3)19-10-14-21(15-11-19)24-25-26-24/h4-15H,1H2,2-3H3. The van der Waals surface area contributed by atoms with E-state index in [2.05, 4.69) is 60.0 Å². The van der Waals surface area contributed by atoms with Gasteiger partial charge in [0, 0.05) is 19.8 Å². The molecule has 0 atom stereocenters. The van der Waals surface area contributed by atoms with E-state index in [4.69, 9.17) is 9.36 Å². The van der Waals surface area contributed by atoms with Crippen molar-refractivity contribution in [3.63, 3.8) is 0 Å². The van der Waals surface area contributed by atoms with Gasteiger partial charge in [-0.05, 0) is 51.4 Å². The number of hydrogen-bond acceptors (Lipinski definition) is 3. The van der Waals surface area contributed by atoms with E-state index >= 15 is 0 Å². The molecule has 130 valence electrons. The third-order valence-electron chi connectivity index (χ3n) is 4.43. The highest BCUT2D eigenvalue weighted by Gasteiger charge is 2.10. The first kappa shape index (κ1) is 16.1. The third-order valence-corrected chi connectivity index (χ3v) is 4.43. The highest BCUT2D eigenvalue weighted by atomic mass is 17.3. The summed E-state index contributed by atoms with van der Waals surface area (Å²) in [5, 5.41) is 2.16. The largest absolute Gasteiger partial charge is 0.378 e. The van der Waals surface area contributed by atoms with E-state index in [9.17, 15) is 0 Å². The molecule has 3 aromatic carbocycles. The highest BCUT2D eigenvalue weighted by molar-refractivity contribution is 5.80. The number of aromatic nitrogens is 1. The molecule has 0 aliphatic heterocycles. The van der Waals surface area contributed by atoms with Crippen molar-refractivity contribution in [2.75, 3.05) is 19.0 Å². The van der Waals surface area contributed by atoms with Crippen LogP contribution in [0.1, 0.15) is 11.1 Å². The van der Waals surface area contributed by atoms with Gasteiger partial charge in [0.15, 0.2) is 0 Å². The number of anilines is 1. The molecule has 0 amide bonds. The molecule has 0 spiro atoms. The fraction of sp³-hybridized carbons (Fsp3) is 0.0909. The highest BCUT2D eigenvalue weighted by Crippen LogP contribution is 2.24. The summed E-state index contributed by atoms with van der Waals surface area (Å²) < 4.78 is 9.46. The number of benzene rings is 3. The summed E-state index contributed by atoms with van der Waals surface area (Å²) in [6, 6.07) is 25.0. The molecule has 0 saturated carbocycles. The van der Waals surface area contributed by atoms with Gasteiger partial charge in [0.1, 0.15) is 5.69 Å². The van der Waals surface area contributed by atoms with Gasteiger partial charge in [-0.15, -0.1) is 9.36 Å². The third kappa shape index (κ3) is 3.22. The summed E-state index contributed by atoms with van der Waals surface area (Å²) in [4.78, 5) is 3.47. The van der Waals surface area contributed by atoms with Gasteiger partial charge >= 0.3 is 0 Å².